The second-order valence-corrected chi connectivity index (χ2v) is 7.34. The van der Waals surface area contributed by atoms with Crippen molar-refractivity contribution in [3.8, 4) is 23.5 Å². The van der Waals surface area contributed by atoms with Crippen molar-refractivity contribution < 1.29 is 18.9 Å². The number of anilines is 1. The third kappa shape index (κ3) is 3.23. The van der Waals surface area contributed by atoms with Crippen molar-refractivity contribution in [1.82, 2.24) is 0 Å². The second-order valence-electron chi connectivity index (χ2n) is 7.34. The van der Waals surface area contributed by atoms with E-state index in [4.69, 9.17) is 14.9 Å². The normalized spacial score (nSPS) is 13.6. The second kappa shape index (κ2) is 7.90. The number of benzene rings is 1. The van der Waals surface area contributed by atoms with Crippen LogP contribution in [0.2, 0.25) is 0 Å². The Labute approximate surface area is 184 Å². The maximum absolute atomic E-state index is 11.6. The maximum Gasteiger partial charge on any atom is 0.337 e. The third-order valence-electron chi connectivity index (χ3n) is 5.55. The summed E-state index contributed by atoms with van der Waals surface area (Å²) >= 11 is 0. The number of hydrogen-bond donors (Lipinski definition) is 1. The molecular formula is C25H19N4O3+. The summed E-state index contributed by atoms with van der Waals surface area (Å²) in [6.45, 7) is 3.68. The number of hydrogen-bond acceptors (Lipinski definition) is 6. The predicted molar refractivity (Wildman–Crippen MR) is 118 cm³/mol. The quantitative estimate of drug-likeness (QED) is 0.630. The van der Waals surface area contributed by atoms with E-state index in [9.17, 15) is 15.3 Å². The van der Waals surface area contributed by atoms with Crippen LogP contribution in [-0.2, 0) is 4.74 Å². The number of carbonyl (C=O) groups excluding carboxylic acids is 1. The Morgan fingerprint density at radius 1 is 1.12 bits per heavy atom. The molecule has 2 heterocycles. The monoisotopic (exact) mass is 423 g/mol. The van der Waals surface area contributed by atoms with Crippen molar-refractivity contribution >= 4 is 29.0 Å². The number of aromatic amines is 1. The zero-order valence-electron chi connectivity index (χ0n) is 17.7. The third-order valence-corrected chi connectivity index (χ3v) is 5.55. The standard InChI is InChI=1S/C25H18N4O3/c1-13-18(22-14(2)20(12-27)24(28)29-23(22)19(13)11-26)10-17-8-9-21(32-17)15-4-6-16(7-5-15)25(30)31-3/h4-10H,1-3H3,(H2,28,29)/p+1. The van der Waals surface area contributed by atoms with E-state index < -0.39 is 5.97 Å². The summed E-state index contributed by atoms with van der Waals surface area (Å²) in [4.78, 5) is 14.6. The molecule has 0 radical (unpaired) electrons. The molecule has 7 heteroatoms. The first-order valence-corrected chi connectivity index (χ1v) is 9.77. The smallest absolute Gasteiger partial charge is 0.337 e. The van der Waals surface area contributed by atoms with Gasteiger partial charge in [0.15, 0.2) is 5.69 Å². The van der Waals surface area contributed by atoms with Crippen LogP contribution in [0.1, 0.15) is 45.4 Å². The predicted octanol–water partition coefficient (Wildman–Crippen LogP) is 4.16. The van der Waals surface area contributed by atoms with E-state index in [0.717, 1.165) is 22.3 Å². The van der Waals surface area contributed by atoms with Crippen LogP contribution in [0.4, 0.5) is 5.82 Å². The number of nitrogen functional groups attached to an aromatic ring is 1. The van der Waals surface area contributed by atoms with E-state index >= 15 is 0 Å². The zero-order chi connectivity index (χ0) is 23.0. The van der Waals surface area contributed by atoms with Gasteiger partial charge in [0, 0.05) is 11.1 Å². The number of esters is 1. The number of ether oxygens (including phenoxy) is 1. The van der Waals surface area contributed by atoms with Crippen molar-refractivity contribution in [2.45, 2.75) is 13.8 Å². The molecular weight excluding hydrogens is 404 g/mol. The Morgan fingerprint density at radius 2 is 1.84 bits per heavy atom. The Kier molecular flexibility index (Phi) is 5.10. The first-order chi connectivity index (χ1) is 15.4. The summed E-state index contributed by atoms with van der Waals surface area (Å²) in [7, 11) is 1.34. The largest absolute Gasteiger partial charge is 0.465 e. The van der Waals surface area contributed by atoms with Gasteiger partial charge < -0.3 is 9.15 Å². The van der Waals surface area contributed by atoms with Crippen molar-refractivity contribution in [1.29, 1.82) is 10.5 Å². The molecule has 0 saturated carbocycles. The van der Waals surface area contributed by atoms with E-state index in [1.54, 1.807) is 24.3 Å². The molecule has 1 aliphatic rings. The topological polar surface area (TPSA) is 127 Å². The van der Waals surface area contributed by atoms with Gasteiger partial charge in [-0.1, -0.05) is 12.1 Å². The number of nitriles is 2. The highest BCUT2D eigenvalue weighted by atomic mass is 16.5. The van der Waals surface area contributed by atoms with Gasteiger partial charge >= 0.3 is 5.97 Å². The summed E-state index contributed by atoms with van der Waals surface area (Å²) in [6.07, 6.45) is 1.85. The van der Waals surface area contributed by atoms with E-state index in [1.807, 2.05) is 32.1 Å². The molecule has 0 saturated heterocycles. The van der Waals surface area contributed by atoms with E-state index in [0.29, 0.717) is 39.5 Å². The Bertz CT molecular complexity index is 1410. The minimum atomic E-state index is -0.401. The summed E-state index contributed by atoms with van der Waals surface area (Å²) < 4.78 is 10.7. The number of nitrogens with zero attached hydrogens (tertiary/aromatic N) is 2. The van der Waals surface area contributed by atoms with Crippen LogP contribution >= 0.6 is 0 Å². The number of allylic oxidation sites excluding steroid dienone is 3. The fourth-order valence-electron chi connectivity index (χ4n) is 3.89. The molecule has 3 aromatic rings. The van der Waals surface area contributed by atoms with Crippen LogP contribution in [-0.4, -0.2) is 13.1 Å². The van der Waals surface area contributed by atoms with Gasteiger partial charge in [0.25, 0.3) is 5.82 Å². The highest BCUT2D eigenvalue weighted by Crippen LogP contribution is 2.43. The molecule has 0 unspecified atom stereocenters. The number of methoxy groups -OCH3 is 1. The number of aromatic nitrogens is 1. The molecule has 1 aliphatic carbocycles. The maximum atomic E-state index is 11.6. The number of rotatable bonds is 3. The number of H-pyrrole nitrogens is 1. The van der Waals surface area contributed by atoms with Gasteiger partial charge in [-0.05, 0) is 60.9 Å². The summed E-state index contributed by atoms with van der Waals surface area (Å²) in [6, 6.07) is 14.9. The lowest BCUT2D eigenvalue weighted by atomic mass is 9.96. The minimum Gasteiger partial charge on any atom is -0.465 e. The molecule has 0 amide bonds. The molecule has 0 fully saturated rings. The lowest BCUT2D eigenvalue weighted by Gasteiger charge is -2.07. The molecule has 0 bridgehead atoms. The number of nitrogens with one attached hydrogen (secondary N) is 1. The zero-order valence-corrected chi connectivity index (χ0v) is 17.7. The highest BCUT2D eigenvalue weighted by molar-refractivity contribution is 6.07. The average molecular weight is 423 g/mol. The number of furan rings is 1. The molecule has 0 aliphatic heterocycles. The summed E-state index contributed by atoms with van der Waals surface area (Å²) in [5, 5.41) is 19.2. The highest BCUT2D eigenvalue weighted by Gasteiger charge is 2.32. The molecule has 0 atom stereocenters. The van der Waals surface area contributed by atoms with Crippen LogP contribution in [0.15, 0.2) is 46.4 Å². The summed E-state index contributed by atoms with van der Waals surface area (Å²) in [5.41, 5.74) is 11.7. The van der Waals surface area contributed by atoms with Gasteiger partial charge in [0.2, 0.25) is 0 Å². The summed E-state index contributed by atoms with van der Waals surface area (Å²) in [5.74, 6) is 1.06. The molecule has 7 nitrogen and oxygen atoms in total. The Morgan fingerprint density at radius 3 is 2.47 bits per heavy atom. The first kappa shape index (κ1) is 20.6. The van der Waals surface area contributed by atoms with Gasteiger partial charge in [-0.2, -0.15) is 10.5 Å². The Balaban J connectivity index is 1.77. The van der Waals surface area contributed by atoms with Crippen LogP contribution in [0.3, 0.4) is 0 Å². The molecule has 32 heavy (non-hydrogen) atoms. The van der Waals surface area contributed by atoms with Crippen LogP contribution in [0.25, 0.3) is 28.5 Å². The number of carbonyl (C=O) groups is 1. The lowest BCUT2D eigenvalue weighted by Crippen LogP contribution is -2.20. The van der Waals surface area contributed by atoms with Gasteiger partial charge in [-0.3, -0.25) is 5.73 Å². The van der Waals surface area contributed by atoms with Crippen molar-refractivity contribution in [3.63, 3.8) is 0 Å². The van der Waals surface area contributed by atoms with E-state index in [2.05, 4.69) is 17.1 Å². The number of pyridine rings is 1. The molecule has 2 aromatic heterocycles. The van der Waals surface area contributed by atoms with Crippen molar-refractivity contribution in [3.05, 3.63) is 75.7 Å². The SMILES string of the molecule is COC(=O)c1ccc(-c2ccc(C=C3C(C)=C(C#N)c4[nH+]c(N)c(C#N)c(C)c43)o2)cc1. The first-order valence-electron chi connectivity index (χ1n) is 9.77. The van der Waals surface area contributed by atoms with E-state index in [-0.39, 0.29) is 5.82 Å². The van der Waals surface area contributed by atoms with Crippen molar-refractivity contribution in [2.24, 2.45) is 0 Å². The molecule has 0 spiro atoms. The number of nitrogens with two attached hydrogens (primary N) is 1. The molecule has 1 aromatic carbocycles. The van der Waals surface area contributed by atoms with Gasteiger partial charge in [0.05, 0.1) is 12.7 Å². The van der Waals surface area contributed by atoms with Gasteiger partial charge in [0.1, 0.15) is 34.8 Å². The molecule has 4 rings (SSSR count). The van der Waals surface area contributed by atoms with Gasteiger partial charge in [-0.15, -0.1) is 0 Å². The Hall–Kier alpha value is -4.62. The fourth-order valence-corrected chi connectivity index (χ4v) is 3.89. The van der Waals surface area contributed by atoms with Crippen LogP contribution in [0, 0.1) is 29.6 Å². The lowest BCUT2D eigenvalue weighted by molar-refractivity contribution is -0.364. The average Bonchev–Trinajstić information content (AvgIpc) is 3.36. The van der Waals surface area contributed by atoms with E-state index in [1.165, 1.54) is 7.11 Å². The minimum absolute atomic E-state index is 0.237. The van der Waals surface area contributed by atoms with Crippen LogP contribution < -0.4 is 10.7 Å². The molecule has 156 valence electrons. The number of fused-ring (bicyclic) bond motifs is 1. The fraction of sp³-hybridized carbons (Fsp3) is 0.120. The van der Waals surface area contributed by atoms with Crippen molar-refractivity contribution in [2.75, 3.05) is 12.8 Å². The van der Waals surface area contributed by atoms with Gasteiger partial charge in [-0.25, -0.2) is 9.78 Å². The molecule has 3 N–H and O–H groups in total. The van der Waals surface area contributed by atoms with Crippen LogP contribution in [0.5, 0.6) is 0 Å².